The standard InChI is InChI=1S/C20H27N3S/c1-15(2)18-9-11-19(12-10-18)22-20(24)21-13-16-5-7-17(8-6-16)14-23(3)4/h5-12,15H,13-14H2,1-4H3,(H2,21,22,24). The van der Waals surface area contributed by atoms with Gasteiger partial charge >= 0.3 is 0 Å². The normalized spacial score (nSPS) is 10.9. The van der Waals surface area contributed by atoms with E-state index in [2.05, 4.69) is 92.0 Å². The van der Waals surface area contributed by atoms with Crippen LogP contribution in [0.1, 0.15) is 36.5 Å². The summed E-state index contributed by atoms with van der Waals surface area (Å²) in [7, 11) is 4.15. The smallest absolute Gasteiger partial charge is 0.171 e. The van der Waals surface area contributed by atoms with Gasteiger partial charge in [-0.1, -0.05) is 50.2 Å². The van der Waals surface area contributed by atoms with E-state index in [9.17, 15) is 0 Å². The Balaban J connectivity index is 1.82. The summed E-state index contributed by atoms with van der Waals surface area (Å²) in [6.45, 7) is 6.06. The molecule has 0 spiro atoms. The molecule has 2 N–H and O–H groups in total. The molecule has 0 unspecified atom stereocenters. The first-order chi connectivity index (χ1) is 11.4. The highest BCUT2D eigenvalue weighted by Gasteiger charge is 2.02. The lowest BCUT2D eigenvalue weighted by Gasteiger charge is -2.13. The van der Waals surface area contributed by atoms with Crippen LogP contribution < -0.4 is 10.6 Å². The largest absolute Gasteiger partial charge is 0.358 e. The molecular weight excluding hydrogens is 314 g/mol. The highest BCUT2D eigenvalue weighted by Crippen LogP contribution is 2.17. The summed E-state index contributed by atoms with van der Waals surface area (Å²) in [5.74, 6) is 0.541. The summed E-state index contributed by atoms with van der Waals surface area (Å²) >= 11 is 5.37. The lowest BCUT2D eigenvalue weighted by atomic mass is 10.0. The number of hydrogen-bond donors (Lipinski definition) is 2. The van der Waals surface area contributed by atoms with Crippen LogP contribution in [-0.2, 0) is 13.1 Å². The molecule has 0 heterocycles. The minimum Gasteiger partial charge on any atom is -0.358 e. The Hall–Kier alpha value is -1.91. The van der Waals surface area contributed by atoms with Crippen LogP contribution in [0.5, 0.6) is 0 Å². The van der Waals surface area contributed by atoms with Crippen LogP contribution in [0.2, 0.25) is 0 Å². The van der Waals surface area contributed by atoms with Crippen molar-refractivity contribution in [3.05, 3.63) is 65.2 Å². The highest BCUT2D eigenvalue weighted by molar-refractivity contribution is 7.80. The second kappa shape index (κ2) is 8.81. The van der Waals surface area contributed by atoms with Gasteiger partial charge in [0.15, 0.2) is 5.11 Å². The lowest BCUT2D eigenvalue weighted by Crippen LogP contribution is -2.27. The molecule has 24 heavy (non-hydrogen) atoms. The number of nitrogens with one attached hydrogen (secondary N) is 2. The number of thiocarbonyl (C=S) groups is 1. The first kappa shape index (κ1) is 18.4. The molecule has 0 aromatic heterocycles. The first-order valence-electron chi connectivity index (χ1n) is 8.31. The number of nitrogens with zero attached hydrogens (tertiary/aromatic N) is 1. The molecule has 0 aliphatic rings. The molecule has 0 atom stereocenters. The van der Waals surface area contributed by atoms with Crippen LogP contribution in [-0.4, -0.2) is 24.1 Å². The van der Waals surface area contributed by atoms with Gasteiger partial charge in [-0.15, -0.1) is 0 Å². The predicted molar refractivity (Wildman–Crippen MR) is 107 cm³/mol. The highest BCUT2D eigenvalue weighted by atomic mass is 32.1. The van der Waals surface area contributed by atoms with Crippen molar-refractivity contribution in [1.29, 1.82) is 0 Å². The topological polar surface area (TPSA) is 27.3 Å². The average molecular weight is 342 g/mol. The molecule has 2 aromatic carbocycles. The fraction of sp³-hybridized carbons (Fsp3) is 0.350. The third-order valence-corrected chi connectivity index (χ3v) is 4.06. The third kappa shape index (κ3) is 5.95. The van der Waals surface area contributed by atoms with Crippen LogP contribution >= 0.6 is 12.2 Å². The SMILES string of the molecule is CC(C)c1ccc(NC(=S)NCc2ccc(CN(C)C)cc2)cc1. The maximum atomic E-state index is 5.37. The van der Waals surface area contributed by atoms with Crippen LogP contribution in [0.4, 0.5) is 5.69 Å². The van der Waals surface area contributed by atoms with Crippen LogP contribution in [0.25, 0.3) is 0 Å². The van der Waals surface area contributed by atoms with Gasteiger partial charge in [0.05, 0.1) is 0 Å². The molecule has 128 valence electrons. The third-order valence-electron chi connectivity index (χ3n) is 3.81. The van der Waals surface area contributed by atoms with Gasteiger partial charge in [0.25, 0.3) is 0 Å². The average Bonchev–Trinajstić information content (AvgIpc) is 2.54. The van der Waals surface area contributed by atoms with E-state index in [1.54, 1.807) is 0 Å². The van der Waals surface area contributed by atoms with Crippen molar-refractivity contribution in [2.24, 2.45) is 0 Å². The number of hydrogen-bond acceptors (Lipinski definition) is 2. The van der Waals surface area contributed by atoms with Crippen molar-refractivity contribution < 1.29 is 0 Å². The Morgan fingerprint density at radius 2 is 1.54 bits per heavy atom. The summed E-state index contributed by atoms with van der Waals surface area (Å²) in [6.07, 6.45) is 0. The summed E-state index contributed by atoms with van der Waals surface area (Å²) in [6, 6.07) is 17.0. The first-order valence-corrected chi connectivity index (χ1v) is 8.72. The molecule has 0 radical (unpaired) electrons. The zero-order valence-corrected chi connectivity index (χ0v) is 15.8. The molecular formula is C20H27N3S. The molecule has 0 aliphatic heterocycles. The van der Waals surface area contributed by atoms with E-state index in [4.69, 9.17) is 12.2 Å². The number of benzene rings is 2. The minimum absolute atomic E-state index is 0.541. The molecule has 0 fully saturated rings. The van der Waals surface area contributed by atoms with Crippen molar-refractivity contribution in [3.63, 3.8) is 0 Å². The van der Waals surface area contributed by atoms with Gasteiger partial charge in [0.2, 0.25) is 0 Å². The fourth-order valence-electron chi connectivity index (χ4n) is 2.44. The van der Waals surface area contributed by atoms with Gasteiger partial charge in [-0.3, -0.25) is 0 Å². The Labute approximate surface area is 151 Å². The number of anilines is 1. The molecule has 4 heteroatoms. The maximum absolute atomic E-state index is 5.37. The van der Waals surface area contributed by atoms with E-state index >= 15 is 0 Å². The quantitative estimate of drug-likeness (QED) is 0.764. The minimum atomic E-state index is 0.541. The van der Waals surface area contributed by atoms with Gasteiger partial charge in [0, 0.05) is 18.8 Å². The predicted octanol–water partition coefficient (Wildman–Crippen LogP) is 4.36. The lowest BCUT2D eigenvalue weighted by molar-refractivity contribution is 0.402. The summed E-state index contributed by atoms with van der Waals surface area (Å²) in [4.78, 5) is 2.16. The van der Waals surface area contributed by atoms with E-state index < -0.39 is 0 Å². The Bertz CT molecular complexity index is 646. The van der Waals surface area contributed by atoms with E-state index in [-0.39, 0.29) is 0 Å². The summed E-state index contributed by atoms with van der Waals surface area (Å²) in [5, 5.41) is 7.13. The number of rotatable bonds is 6. The zero-order valence-electron chi connectivity index (χ0n) is 15.0. The van der Waals surface area contributed by atoms with Gasteiger partial charge < -0.3 is 15.5 Å². The zero-order chi connectivity index (χ0) is 17.5. The molecule has 0 aliphatic carbocycles. The van der Waals surface area contributed by atoms with Crippen molar-refractivity contribution in [1.82, 2.24) is 10.2 Å². The van der Waals surface area contributed by atoms with E-state index in [0.717, 1.165) is 18.8 Å². The van der Waals surface area contributed by atoms with Crippen LogP contribution in [0, 0.1) is 0 Å². The van der Waals surface area contributed by atoms with Crippen molar-refractivity contribution in [3.8, 4) is 0 Å². The molecule has 0 amide bonds. The molecule has 0 saturated carbocycles. The fourth-order valence-corrected chi connectivity index (χ4v) is 2.63. The van der Waals surface area contributed by atoms with E-state index in [1.165, 1.54) is 16.7 Å². The molecule has 3 nitrogen and oxygen atoms in total. The van der Waals surface area contributed by atoms with Crippen molar-refractivity contribution in [2.75, 3.05) is 19.4 Å². The van der Waals surface area contributed by atoms with Gasteiger partial charge in [0.1, 0.15) is 0 Å². The monoisotopic (exact) mass is 341 g/mol. The Morgan fingerprint density at radius 1 is 0.958 bits per heavy atom. The second-order valence-corrected chi connectivity index (χ2v) is 7.05. The van der Waals surface area contributed by atoms with Crippen LogP contribution in [0.15, 0.2) is 48.5 Å². The van der Waals surface area contributed by atoms with Crippen molar-refractivity contribution >= 4 is 23.0 Å². The Kier molecular flexibility index (Phi) is 6.76. The molecule has 2 aromatic rings. The summed E-state index contributed by atoms with van der Waals surface area (Å²) in [5.41, 5.74) is 4.88. The molecule has 0 bridgehead atoms. The van der Waals surface area contributed by atoms with Crippen LogP contribution in [0.3, 0.4) is 0 Å². The summed E-state index contributed by atoms with van der Waals surface area (Å²) < 4.78 is 0. The molecule has 0 saturated heterocycles. The Morgan fingerprint density at radius 3 is 2.08 bits per heavy atom. The van der Waals surface area contributed by atoms with E-state index in [0.29, 0.717) is 11.0 Å². The van der Waals surface area contributed by atoms with Gasteiger partial charge in [-0.2, -0.15) is 0 Å². The molecule has 2 rings (SSSR count). The van der Waals surface area contributed by atoms with E-state index in [1.807, 2.05) is 0 Å². The van der Waals surface area contributed by atoms with Gasteiger partial charge in [-0.05, 0) is 61.1 Å². The second-order valence-electron chi connectivity index (χ2n) is 6.64. The van der Waals surface area contributed by atoms with Crippen molar-refractivity contribution in [2.45, 2.75) is 32.9 Å². The van der Waals surface area contributed by atoms with Gasteiger partial charge in [-0.25, -0.2) is 0 Å². The maximum Gasteiger partial charge on any atom is 0.171 e.